The first-order chi connectivity index (χ1) is 17.0. The van der Waals surface area contributed by atoms with E-state index in [1.54, 1.807) is 42.0 Å². The lowest BCUT2D eigenvalue weighted by atomic mass is 10.2. The minimum absolute atomic E-state index is 0.0798. The molecule has 0 radical (unpaired) electrons. The summed E-state index contributed by atoms with van der Waals surface area (Å²) in [5, 5.41) is 16.1. The van der Waals surface area contributed by atoms with Gasteiger partial charge >= 0.3 is 5.63 Å². The van der Waals surface area contributed by atoms with Crippen LogP contribution in [0.4, 0.5) is 0 Å². The molecule has 0 bridgehead atoms. The molecule has 3 heterocycles. The largest absolute Gasteiger partial charge is 0.497 e. The summed E-state index contributed by atoms with van der Waals surface area (Å²) in [7, 11) is 1.60. The van der Waals surface area contributed by atoms with E-state index in [0.717, 1.165) is 15.8 Å². The number of ether oxygens (including phenoxy) is 2. The van der Waals surface area contributed by atoms with Gasteiger partial charge in [-0.25, -0.2) is 4.79 Å². The van der Waals surface area contributed by atoms with Crippen LogP contribution in [0.3, 0.4) is 0 Å². The first kappa shape index (κ1) is 22.5. The zero-order chi connectivity index (χ0) is 24.4. The van der Waals surface area contributed by atoms with Gasteiger partial charge in [0.1, 0.15) is 23.5 Å². The van der Waals surface area contributed by atoms with Crippen LogP contribution in [0.2, 0.25) is 0 Å². The molecule has 1 amide bonds. The van der Waals surface area contributed by atoms with Gasteiger partial charge in [0.25, 0.3) is 5.91 Å². The summed E-state index contributed by atoms with van der Waals surface area (Å²) in [6.45, 7) is 0.288. The number of aromatic nitrogens is 4. The molecular formula is C24H18BrN5O5. The number of nitrogens with one attached hydrogen (secondary N) is 1. The third-order valence-corrected chi connectivity index (χ3v) is 5.66. The molecular weight excluding hydrogens is 518 g/mol. The average molecular weight is 536 g/mol. The monoisotopic (exact) mass is 535 g/mol. The number of carbonyl (C=O) groups is 1. The molecule has 0 aliphatic carbocycles. The molecule has 0 atom stereocenters. The van der Waals surface area contributed by atoms with Gasteiger partial charge in [-0.1, -0.05) is 15.9 Å². The van der Waals surface area contributed by atoms with Crippen LogP contribution in [0, 0.1) is 0 Å². The third kappa shape index (κ3) is 4.71. The molecule has 0 aliphatic rings. The molecule has 1 N–H and O–H groups in total. The van der Waals surface area contributed by atoms with Gasteiger partial charge in [-0.15, -0.1) is 15.3 Å². The number of fused-ring (bicyclic) bond motifs is 2. The smallest absolute Gasteiger partial charge is 0.349 e. The molecule has 2 aromatic carbocycles. The molecule has 5 rings (SSSR count). The highest BCUT2D eigenvalue weighted by Crippen LogP contribution is 2.22. The predicted molar refractivity (Wildman–Crippen MR) is 131 cm³/mol. The maximum Gasteiger partial charge on any atom is 0.349 e. The molecule has 11 heteroatoms. The van der Waals surface area contributed by atoms with E-state index in [9.17, 15) is 9.59 Å². The Morgan fingerprint density at radius 3 is 2.71 bits per heavy atom. The van der Waals surface area contributed by atoms with Gasteiger partial charge in [-0.05, 0) is 54.6 Å². The van der Waals surface area contributed by atoms with Crippen molar-refractivity contribution in [3.63, 3.8) is 0 Å². The predicted octanol–water partition coefficient (Wildman–Crippen LogP) is 3.48. The Hall–Kier alpha value is -4.25. The van der Waals surface area contributed by atoms with E-state index in [1.165, 1.54) is 6.07 Å². The highest BCUT2D eigenvalue weighted by atomic mass is 79.9. The summed E-state index contributed by atoms with van der Waals surface area (Å²) in [6.07, 6.45) is 0. The second-order valence-electron chi connectivity index (χ2n) is 7.43. The number of halogens is 1. The molecule has 0 unspecified atom stereocenters. The maximum absolute atomic E-state index is 12.5. The van der Waals surface area contributed by atoms with E-state index in [-0.39, 0.29) is 18.7 Å². The number of hydrogen-bond donors (Lipinski definition) is 1. The van der Waals surface area contributed by atoms with Gasteiger partial charge in [-0.3, -0.25) is 4.79 Å². The van der Waals surface area contributed by atoms with Gasteiger partial charge in [0, 0.05) is 21.5 Å². The third-order valence-electron chi connectivity index (χ3n) is 5.16. The molecule has 0 saturated heterocycles. The van der Waals surface area contributed by atoms with Crippen molar-refractivity contribution >= 4 is 38.5 Å². The van der Waals surface area contributed by atoms with E-state index < -0.39 is 11.5 Å². The van der Waals surface area contributed by atoms with Crippen molar-refractivity contribution in [2.24, 2.45) is 0 Å². The van der Waals surface area contributed by atoms with E-state index in [1.807, 2.05) is 24.3 Å². The van der Waals surface area contributed by atoms with E-state index in [2.05, 4.69) is 36.5 Å². The van der Waals surface area contributed by atoms with Gasteiger partial charge in [-0.2, -0.15) is 4.52 Å². The Morgan fingerprint density at radius 1 is 1.09 bits per heavy atom. The van der Waals surface area contributed by atoms with Gasteiger partial charge < -0.3 is 19.2 Å². The number of amides is 1. The topological polar surface area (TPSA) is 121 Å². The Balaban J connectivity index is 1.24. The Morgan fingerprint density at radius 2 is 1.91 bits per heavy atom. The van der Waals surface area contributed by atoms with Gasteiger partial charge in [0.15, 0.2) is 11.5 Å². The lowest BCUT2D eigenvalue weighted by molar-refractivity contribution is 0.0943. The summed E-state index contributed by atoms with van der Waals surface area (Å²) in [5.74, 6) is 1.07. The quantitative estimate of drug-likeness (QED) is 0.248. The summed E-state index contributed by atoms with van der Waals surface area (Å²) in [5.41, 5.74) is 0.998. The van der Waals surface area contributed by atoms with E-state index in [0.29, 0.717) is 28.3 Å². The first-order valence-corrected chi connectivity index (χ1v) is 11.3. The molecule has 0 saturated carbocycles. The van der Waals surface area contributed by atoms with Crippen LogP contribution >= 0.6 is 15.9 Å². The maximum atomic E-state index is 12.5. The fourth-order valence-corrected chi connectivity index (χ4v) is 3.82. The molecule has 0 aliphatic heterocycles. The number of carbonyl (C=O) groups excluding carboxylic acids is 1. The van der Waals surface area contributed by atoms with Crippen molar-refractivity contribution in [3.8, 4) is 23.0 Å². The number of hydrogen-bond acceptors (Lipinski definition) is 8. The van der Waals surface area contributed by atoms with Crippen LogP contribution in [-0.2, 0) is 0 Å². The number of methoxy groups -OCH3 is 1. The van der Waals surface area contributed by atoms with Crippen LogP contribution in [0.5, 0.6) is 11.6 Å². The van der Waals surface area contributed by atoms with Crippen LogP contribution in [-0.4, -0.2) is 46.0 Å². The van der Waals surface area contributed by atoms with E-state index >= 15 is 0 Å². The van der Waals surface area contributed by atoms with Crippen molar-refractivity contribution in [1.82, 2.24) is 25.1 Å². The fraction of sp³-hybridized carbons (Fsp3) is 0.125. The molecule has 0 fully saturated rings. The summed E-state index contributed by atoms with van der Waals surface area (Å²) in [6, 6.07) is 17.5. The SMILES string of the molecule is COc1ccc(-c2nnc3ccc(OCCNC(=O)c4cc5cc(Br)ccc5oc4=O)nn23)cc1. The van der Waals surface area contributed by atoms with E-state index in [4.69, 9.17) is 13.9 Å². The second kappa shape index (κ2) is 9.55. The summed E-state index contributed by atoms with van der Waals surface area (Å²) < 4.78 is 18.5. The normalized spacial score (nSPS) is 11.0. The fourth-order valence-electron chi connectivity index (χ4n) is 3.44. The summed E-state index contributed by atoms with van der Waals surface area (Å²) >= 11 is 3.36. The van der Waals surface area contributed by atoms with Crippen molar-refractivity contribution in [3.05, 3.63) is 81.1 Å². The molecule has 3 aromatic heterocycles. The van der Waals surface area contributed by atoms with Crippen LogP contribution < -0.4 is 20.4 Å². The van der Waals surface area contributed by atoms with Crippen LogP contribution in [0.15, 0.2) is 74.3 Å². The Labute approximate surface area is 206 Å². The van der Waals surface area contributed by atoms with Gasteiger partial charge in [0.05, 0.1) is 13.7 Å². The Kier molecular flexibility index (Phi) is 6.15. The first-order valence-electron chi connectivity index (χ1n) is 10.5. The van der Waals surface area contributed by atoms with Gasteiger partial charge in [0.2, 0.25) is 5.88 Å². The summed E-state index contributed by atoms with van der Waals surface area (Å²) in [4.78, 5) is 24.7. The lowest BCUT2D eigenvalue weighted by Gasteiger charge is -2.08. The van der Waals surface area contributed by atoms with Crippen LogP contribution in [0.25, 0.3) is 28.0 Å². The molecule has 10 nitrogen and oxygen atoms in total. The lowest BCUT2D eigenvalue weighted by Crippen LogP contribution is -2.31. The zero-order valence-electron chi connectivity index (χ0n) is 18.4. The Bertz CT molecular complexity index is 1600. The number of benzene rings is 2. The van der Waals surface area contributed by atoms with Crippen molar-refractivity contribution in [2.45, 2.75) is 0 Å². The minimum atomic E-state index is -0.705. The number of nitrogens with zero attached hydrogens (tertiary/aromatic N) is 4. The highest BCUT2D eigenvalue weighted by Gasteiger charge is 2.14. The minimum Gasteiger partial charge on any atom is -0.497 e. The zero-order valence-corrected chi connectivity index (χ0v) is 20.0. The van der Waals surface area contributed by atoms with Crippen molar-refractivity contribution < 1.29 is 18.7 Å². The molecule has 0 spiro atoms. The standard InChI is InChI=1S/C24H18BrN5O5/c1-33-17-5-2-14(3-6-17)22-28-27-20-8-9-21(29-30(20)22)34-11-10-26-23(31)18-13-15-12-16(25)4-7-19(15)35-24(18)32/h2-9,12-13H,10-11H2,1H3,(H,26,31). The van der Waals surface area contributed by atoms with Crippen molar-refractivity contribution in [2.75, 3.05) is 20.3 Å². The number of rotatable bonds is 7. The highest BCUT2D eigenvalue weighted by molar-refractivity contribution is 9.10. The van der Waals surface area contributed by atoms with Crippen molar-refractivity contribution in [1.29, 1.82) is 0 Å². The second-order valence-corrected chi connectivity index (χ2v) is 8.34. The molecule has 176 valence electrons. The molecule has 35 heavy (non-hydrogen) atoms. The van der Waals surface area contributed by atoms with Crippen LogP contribution in [0.1, 0.15) is 10.4 Å². The molecule has 5 aromatic rings. The average Bonchev–Trinajstić information content (AvgIpc) is 3.29.